The third-order valence-corrected chi connectivity index (χ3v) is 3.85. The van der Waals surface area contributed by atoms with Gasteiger partial charge >= 0.3 is 0 Å². The van der Waals surface area contributed by atoms with Crippen LogP contribution in [0.3, 0.4) is 0 Å². The molecule has 0 saturated carbocycles. The summed E-state index contributed by atoms with van der Waals surface area (Å²) in [7, 11) is 3.76. The van der Waals surface area contributed by atoms with Gasteiger partial charge in [0.2, 0.25) is 0 Å². The van der Waals surface area contributed by atoms with E-state index in [9.17, 15) is 9.59 Å². The lowest BCUT2D eigenvalue weighted by atomic mass is 10.1. The number of hydrogen-bond acceptors (Lipinski definition) is 5. The molecule has 2 aromatic rings. The summed E-state index contributed by atoms with van der Waals surface area (Å²) < 4.78 is 0. The maximum absolute atomic E-state index is 12.7. The lowest BCUT2D eigenvalue weighted by molar-refractivity contribution is 0.0670. The fourth-order valence-corrected chi connectivity index (χ4v) is 2.64. The monoisotopic (exact) mass is 323 g/mol. The minimum absolute atomic E-state index is 0.108. The number of likely N-dealkylation sites (N-methyl/N-ethyl adjacent to an activating group) is 1. The molecule has 7 nitrogen and oxygen atoms in total. The number of aromatic nitrogens is 3. The van der Waals surface area contributed by atoms with Crippen LogP contribution in [0.4, 0.5) is 0 Å². The van der Waals surface area contributed by atoms with Crippen molar-refractivity contribution >= 4 is 22.8 Å². The van der Waals surface area contributed by atoms with Crippen molar-refractivity contribution in [2.75, 3.05) is 20.6 Å². The summed E-state index contributed by atoms with van der Waals surface area (Å²) in [5, 5.41) is 7.13. The summed E-state index contributed by atoms with van der Waals surface area (Å²) >= 11 is 0. The number of aromatic amines is 1. The van der Waals surface area contributed by atoms with Crippen LogP contribution < -0.4 is 0 Å². The first kappa shape index (κ1) is 15.7. The van der Waals surface area contributed by atoms with Crippen molar-refractivity contribution in [1.82, 2.24) is 25.0 Å². The Kier molecular flexibility index (Phi) is 3.76. The number of H-pyrrole nitrogens is 1. The molecule has 122 valence electrons. The summed E-state index contributed by atoms with van der Waals surface area (Å²) in [4.78, 5) is 32.4. The van der Waals surface area contributed by atoms with Crippen molar-refractivity contribution < 1.29 is 9.59 Å². The Hall–Kier alpha value is -3.22. The number of rotatable bonds is 5. The fourth-order valence-electron chi connectivity index (χ4n) is 2.64. The van der Waals surface area contributed by atoms with Crippen molar-refractivity contribution in [3.8, 4) is 0 Å². The molecular formula is C17H17N5O2. The Labute approximate surface area is 139 Å². The largest absolute Gasteiger partial charge is 0.378 e. The standard InChI is InChI=1S/C17H17N5O2/c1-5-11(21(3)4)6-10(2)9-22-16(23)13-7-18-15-12(8-19-20-15)14(13)17(22)24/h5-8H,1-2,9H2,3-4H3,(H,18,19,20)/b11-6+. The number of carbonyl (C=O) groups excluding carboxylic acids is 2. The molecule has 1 N–H and O–H groups in total. The molecule has 3 rings (SSSR count). The molecule has 0 aliphatic carbocycles. The van der Waals surface area contributed by atoms with Crippen LogP contribution in [0.5, 0.6) is 0 Å². The average molecular weight is 323 g/mol. The first-order valence-corrected chi connectivity index (χ1v) is 7.31. The zero-order chi connectivity index (χ0) is 17.4. The molecule has 0 bridgehead atoms. The number of amides is 2. The molecule has 1 aliphatic rings. The summed E-state index contributed by atoms with van der Waals surface area (Å²) in [6.45, 7) is 7.79. The molecule has 0 spiro atoms. The Morgan fingerprint density at radius 3 is 2.75 bits per heavy atom. The number of pyridine rings is 1. The maximum Gasteiger partial charge on any atom is 0.263 e. The predicted molar refractivity (Wildman–Crippen MR) is 90.4 cm³/mol. The van der Waals surface area contributed by atoms with Gasteiger partial charge in [-0.15, -0.1) is 0 Å². The number of allylic oxidation sites excluding steroid dienone is 1. The normalized spacial score (nSPS) is 14.2. The molecule has 0 radical (unpaired) electrons. The first-order chi connectivity index (χ1) is 11.4. The number of nitrogens with zero attached hydrogens (tertiary/aromatic N) is 4. The van der Waals surface area contributed by atoms with E-state index in [0.717, 1.165) is 5.70 Å². The van der Waals surface area contributed by atoms with E-state index in [1.54, 1.807) is 12.2 Å². The quantitative estimate of drug-likeness (QED) is 0.669. The summed E-state index contributed by atoms with van der Waals surface area (Å²) in [5.41, 5.74) is 2.59. The highest BCUT2D eigenvalue weighted by Gasteiger charge is 2.37. The van der Waals surface area contributed by atoms with Gasteiger partial charge in [-0.25, -0.2) is 4.98 Å². The van der Waals surface area contributed by atoms with Gasteiger partial charge in [-0.1, -0.05) is 13.2 Å². The second kappa shape index (κ2) is 5.77. The van der Waals surface area contributed by atoms with Gasteiger partial charge in [-0.05, 0) is 17.7 Å². The van der Waals surface area contributed by atoms with Crippen molar-refractivity contribution in [3.63, 3.8) is 0 Å². The van der Waals surface area contributed by atoms with Gasteiger partial charge in [0, 0.05) is 26.0 Å². The summed E-state index contributed by atoms with van der Waals surface area (Å²) in [6.07, 6.45) is 6.39. The molecule has 3 heterocycles. The van der Waals surface area contributed by atoms with Crippen LogP contribution in [-0.4, -0.2) is 57.4 Å². The van der Waals surface area contributed by atoms with Crippen LogP contribution in [0, 0.1) is 0 Å². The molecule has 0 aromatic carbocycles. The second-order valence-electron chi connectivity index (χ2n) is 5.70. The van der Waals surface area contributed by atoms with E-state index >= 15 is 0 Å². The minimum Gasteiger partial charge on any atom is -0.378 e. The molecule has 2 aromatic heterocycles. The number of imide groups is 1. The van der Waals surface area contributed by atoms with Gasteiger partial charge in [0.25, 0.3) is 11.8 Å². The van der Waals surface area contributed by atoms with Gasteiger partial charge < -0.3 is 4.90 Å². The Balaban J connectivity index is 1.91. The predicted octanol–water partition coefficient (Wildman–Crippen LogP) is 1.74. The highest BCUT2D eigenvalue weighted by atomic mass is 16.2. The molecule has 2 amide bonds. The van der Waals surface area contributed by atoms with Gasteiger partial charge in [-0.3, -0.25) is 19.6 Å². The second-order valence-corrected chi connectivity index (χ2v) is 5.70. The van der Waals surface area contributed by atoms with Gasteiger partial charge in [-0.2, -0.15) is 5.10 Å². The van der Waals surface area contributed by atoms with Crippen LogP contribution in [0.2, 0.25) is 0 Å². The molecule has 1 aliphatic heterocycles. The van der Waals surface area contributed by atoms with Crippen LogP contribution in [0.1, 0.15) is 20.7 Å². The van der Waals surface area contributed by atoms with E-state index in [1.165, 1.54) is 17.3 Å². The SMILES string of the molecule is C=C/C(=C\C(=C)CN1C(=O)c2cnc3[nH]ncc3c2C1=O)N(C)C. The van der Waals surface area contributed by atoms with E-state index in [2.05, 4.69) is 28.3 Å². The third kappa shape index (κ3) is 2.40. The zero-order valence-corrected chi connectivity index (χ0v) is 13.5. The number of fused-ring (bicyclic) bond motifs is 3. The van der Waals surface area contributed by atoms with E-state index in [1.807, 2.05) is 19.0 Å². The summed E-state index contributed by atoms with van der Waals surface area (Å²) in [6, 6.07) is 0. The first-order valence-electron chi connectivity index (χ1n) is 7.31. The lowest BCUT2D eigenvalue weighted by Gasteiger charge is -2.17. The van der Waals surface area contributed by atoms with E-state index in [-0.39, 0.29) is 18.4 Å². The van der Waals surface area contributed by atoms with E-state index < -0.39 is 0 Å². The Morgan fingerprint density at radius 1 is 1.33 bits per heavy atom. The van der Waals surface area contributed by atoms with Gasteiger partial charge in [0.1, 0.15) is 0 Å². The number of nitrogens with one attached hydrogen (secondary N) is 1. The number of carbonyl (C=O) groups is 2. The molecule has 0 unspecified atom stereocenters. The highest BCUT2D eigenvalue weighted by molar-refractivity contribution is 6.25. The molecular weight excluding hydrogens is 306 g/mol. The van der Waals surface area contributed by atoms with Crippen LogP contribution in [0.25, 0.3) is 11.0 Å². The Bertz CT molecular complexity index is 907. The van der Waals surface area contributed by atoms with Gasteiger partial charge in [0.15, 0.2) is 5.65 Å². The van der Waals surface area contributed by atoms with Crippen molar-refractivity contribution in [3.05, 3.63) is 60.1 Å². The summed E-state index contributed by atoms with van der Waals surface area (Å²) in [5.74, 6) is -0.728. The van der Waals surface area contributed by atoms with Crippen LogP contribution in [-0.2, 0) is 0 Å². The molecule has 0 fully saturated rings. The molecule has 24 heavy (non-hydrogen) atoms. The minimum atomic E-state index is -0.370. The third-order valence-electron chi connectivity index (χ3n) is 3.85. The van der Waals surface area contributed by atoms with Crippen molar-refractivity contribution in [1.29, 1.82) is 0 Å². The average Bonchev–Trinajstić information content (AvgIpc) is 3.11. The maximum atomic E-state index is 12.7. The Morgan fingerprint density at radius 2 is 2.08 bits per heavy atom. The van der Waals surface area contributed by atoms with E-state index in [0.29, 0.717) is 27.7 Å². The molecule has 7 heteroatoms. The fraction of sp³-hybridized carbons (Fsp3) is 0.176. The molecule has 0 atom stereocenters. The van der Waals surface area contributed by atoms with Crippen molar-refractivity contribution in [2.24, 2.45) is 0 Å². The van der Waals surface area contributed by atoms with Crippen LogP contribution >= 0.6 is 0 Å². The van der Waals surface area contributed by atoms with Crippen LogP contribution in [0.15, 0.2) is 49.0 Å². The highest BCUT2D eigenvalue weighted by Crippen LogP contribution is 2.28. The number of hydrogen-bond donors (Lipinski definition) is 1. The zero-order valence-electron chi connectivity index (χ0n) is 13.5. The van der Waals surface area contributed by atoms with Gasteiger partial charge in [0.05, 0.1) is 29.3 Å². The molecule has 0 saturated heterocycles. The smallest absolute Gasteiger partial charge is 0.263 e. The van der Waals surface area contributed by atoms with Crippen molar-refractivity contribution in [2.45, 2.75) is 0 Å². The lowest BCUT2D eigenvalue weighted by Crippen LogP contribution is -2.31. The topological polar surface area (TPSA) is 82.2 Å². The van der Waals surface area contributed by atoms with E-state index in [4.69, 9.17) is 0 Å².